The summed E-state index contributed by atoms with van der Waals surface area (Å²) in [5.74, 6) is -0.872. The molecule has 0 saturated heterocycles. The number of rotatable bonds is 11. The molecule has 0 saturated carbocycles. The molecule has 1 atom stereocenters. The van der Waals surface area contributed by atoms with Crippen molar-refractivity contribution in [3.05, 3.63) is 99.5 Å². The number of hydrogen-bond donors (Lipinski definition) is 1. The maximum absolute atomic E-state index is 14.0. The Morgan fingerprint density at radius 3 is 2.03 bits per heavy atom. The second-order valence-electron chi connectivity index (χ2n) is 9.77. The number of nitrogens with one attached hydrogen (secondary N) is 1. The average Bonchev–Trinajstić information content (AvgIpc) is 2.84. The second-order valence-corrected chi connectivity index (χ2v) is 12.6. The van der Waals surface area contributed by atoms with Crippen molar-refractivity contribution >= 4 is 50.7 Å². The summed E-state index contributed by atoms with van der Waals surface area (Å²) in [4.78, 5) is 29.0. The van der Waals surface area contributed by atoms with Crippen LogP contribution in [-0.2, 0) is 32.6 Å². The highest BCUT2D eigenvalue weighted by molar-refractivity contribution is 7.92. The SMILES string of the molecule is Cc1ccc(CN(C(=O)CN(c2cc(Cl)cc(Cl)c2)S(C)(=O)=O)[C@@H](Cc2ccccc2)C(=O)NC(C)C)cc1. The highest BCUT2D eigenvalue weighted by atomic mass is 35.5. The number of carbonyl (C=O) groups excluding carboxylic acids is 2. The number of halogens is 2. The van der Waals surface area contributed by atoms with Crippen molar-refractivity contribution in [1.29, 1.82) is 0 Å². The van der Waals surface area contributed by atoms with Crippen LogP contribution >= 0.6 is 23.2 Å². The van der Waals surface area contributed by atoms with Gasteiger partial charge in [0.15, 0.2) is 0 Å². The average molecular weight is 591 g/mol. The Morgan fingerprint density at radius 1 is 0.897 bits per heavy atom. The zero-order chi connectivity index (χ0) is 28.7. The summed E-state index contributed by atoms with van der Waals surface area (Å²) in [7, 11) is -3.91. The number of nitrogens with zero attached hydrogens (tertiary/aromatic N) is 2. The summed E-state index contributed by atoms with van der Waals surface area (Å²) in [6.45, 7) is 5.22. The molecule has 3 rings (SSSR count). The molecule has 2 amide bonds. The van der Waals surface area contributed by atoms with E-state index in [1.54, 1.807) is 0 Å². The van der Waals surface area contributed by atoms with Crippen LogP contribution < -0.4 is 9.62 Å². The predicted molar refractivity (Wildman–Crippen MR) is 158 cm³/mol. The third-order valence-electron chi connectivity index (χ3n) is 5.99. The van der Waals surface area contributed by atoms with Gasteiger partial charge in [0.05, 0.1) is 11.9 Å². The molecule has 0 heterocycles. The van der Waals surface area contributed by atoms with Gasteiger partial charge in [0.1, 0.15) is 12.6 Å². The van der Waals surface area contributed by atoms with Crippen LogP contribution in [0.2, 0.25) is 10.0 Å². The minimum absolute atomic E-state index is 0.107. The fourth-order valence-corrected chi connectivity index (χ4v) is 5.47. The van der Waals surface area contributed by atoms with Crippen molar-refractivity contribution in [2.45, 2.75) is 45.8 Å². The monoisotopic (exact) mass is 589 g/mol. The summed E-state index contributed by atoms with van der Waals surface area (Å²) in [6.07, 6.45) is 1.26. The summed E-state index contributed by atoms with van der Waals surface area (Å²) >= 11 is 12.3. The number of amides is 2. The molecule has 208 valence electrons. The Morgan fingerprint density at radius 2 is 1.49 bits per heavy atom. The molecule has 3 aromatic rings. The first-order chi connectivity index (χ1) is 18.3. The first-order valence-corrected chi connectivity index (χ1v) is 15.1. The van der Waals surface area contributed by atoms with Gasteiger partial charge in [0, 0.05) is 29.1 Å². The van der Waals surface area contributed by atoms with Crippen molar-refractivity contribution in [3.8, 4) is 0 Å². The zero-order valence-electron chi connectivity index (χ0n) is 22.4. The quantitative estimate of drug-likeness (QED) is 0.331. The lowest BCUT2D eigenvalue weighted by atomic mass is 10.0. The summed E-state index contributed by atoms with van der Waals surface area (Å²) in [5.41, 5.74) is 2.88. The standard InChI is InChI=1S/C29H33Cl2N3O4S/c1-20(2)32-29(36)27(14-22-8-6-5-7-9-22)33(18-23-12-10-21(3)11-13-23)28(35)19-34(39(4,37)38)26-16-24(30)15-25(31)17-26/h5-13,15-17,20,27H,14,18-19H2,1-4H3,(H,32,36)/t27-/m0/s1. The first kappa shape index (κ1) is 30.5. The van der Waals surface area contributed by atoms with Crippen LogP contribution in [0.3, 0.4) is 0 Å². The molecule has 0 radical (unpaired) electrons. The lowest BCUT2D eigenvalue weighted by molar-refractivity contribution is -0.140. The smallest absolute Gasteiger partial charge is 0.244 e. The molecule has 0 unspecified atom stereocenters. The van der Waals surface area contributed by atoms with Crippen molar-refractivity contribution in [2.24, 2.45) is 0 Å². The van der Waals surface area contributed by atoms with Gasteiger partial charge in [-0.25, -0.2) is 8.42 Å². The maximum Gasteiger partial charge on any atom is 0.244 e. The van der Waals surface area contributed by atoms with E-state index in [9.17, 15) is 18.0 Å². The van der Waals surface area contributed by atoms with Crippen LogP contribution in [0.1, 0.15) is 30.5 Å². The normalized spacial score (nSPS) is 12.2. The third-order valence-corrected chi connectivity index (χ3v) is 7.57. The molecule has 39 heavy (non-hydrogen) atoms. The van der Waals surface area contributed by atoms with Crippen LogP contribution in [-0.4, -0.2) is 50.0 Å². The minimum Gasteiger partial charge on any atom is -0.352 e. The van der Waals surface area contributed by atoms with Gasteiger partial charge in [0.25, 0.3) is 0 Å². The second kappa shape index (κ2) is 13.3. The van der Waals surface area contributed by atoms with E-state index in [2.05, 4.69) is 5.32 Å². The van der Waals surface area contributed by atoms with Crippen molar-refractivity contribution in [2.75, 3.05) is 17.1 Å². The number of sulfonamides is 1. The molecule has 0 aliphatic rings. The third kappa shape index (κ3) is 8.98. The molecule has 3 aromatic carbocycles. The fourth-order valence-electron chi connectivity index (χ4n) is 4.12. The highest BCUT2D eigenvalue weighted by Gasteiger charge is 2.33. The zero-order valence-corrected chi connectivity index (χ0v) is 24.7. The van der Waals surface area contributed by atoms with Crippen molar-refractivity contribution in [1.82, 2.24) is 10.2 Å². The van der Waals surface area contributed by atoms with E-state index in [0.29, 0.717) is 0 Å². The number of anilines is 1. The van der Waals surface area contributed by atoms with Crippen LogP contribution in [0.25, 0.3) is 0 Å². The molecule has 0 aliphatic heterocycles. The van der Waals surface area contributed by atoms with Gasteiger partial charge < -0.3 is 10.2 Å². The molecule has 0 fully saturated rings. The Labute approximate surface area is 240 Å². The highest BCUT2D eigenvalue weighted by Crippen LogP contribution is 2.27. The molecule has 7 nitrogen and oxygen atoms in total. The van der Waals surface area contributed by atoms with Crippen molar-refractivity contribution < 1.29 is 18.0 Å². The molecule has 0 bridgehead atoms. The lowest BCUT2D eigenvalue weighted by Crippen LogP contribution is -2.54. The Kier molecular flexibility index (Phi) is 10.4. The maximum atomic E-state index is 14.0. The first-order valence-electron chi connectivity index (χ1n) is 12.5. The molecule has 1 N–H and O–H groups in total. The fraction of sp³-hybridized carbons (Fsp3) is 0.310. The molecule has 0 aliphatic carbocycles. The number of aryl methyl sites for hydroxylation is 1. The van der Waals surface area contributed by atoms with Gasteiger partial charge >= 0.3 is 0 Å². The molecule has 0 aromatic heterocycles. The summed E-state index contributed by atoms with van der Waals surface area (Å²) in [6, 6.07) is 20.3. The predicted octanol–water partition coefficient (Wildman–Crippen LogP) is 5.23. The van der Waals surface area contributed by atoms with Crippen LogP contribution in [0.5, 0.6) is 0 Å². The van der Waals surface area contributed by atoms with Gasteiger partial charge in [0.2, 0.25) is 21.8 Å². The Bertz CT molecular complexity index is 1380. The van der Waals surface area contributed by atoms with Gasteiger partial charge in [-0.2, -0.15) is 0 Å². The van der Waals surface area contributed by atoms with E-state index in [1.165, 1.54) is 23.1 Å². The van der Waals surface area contributed by atoms with E-state index in [0.717, 1.165) is 27.3 Å². The Hall–Kier alpha value is -3.07. The van der Waals surface area contributed by atoms with Crippen molar-refractivity contribution in [3.63, 3.8) is 0 Å². The minimum atomic E-state index is -3.91. The van der Waals surface area contributed by atoms with Gasteiger partial charge in [-0.1, -0.05) is 83.4 Å². The lowest BCUT2D eigenvalue weighted by Gasteiger charge is -2.34. The summed E-state index contributed by atoms with van der Waals surface area (Å²) < 4.78 is 26.6. The Balaban J connectivity index is 2.06. The largest absolute Gasteiger partial charge is 0.352 e. The van der Waals surface area contributed by atoms with E-state index in [4.69, 9.17) is 23.2 Å². The molecular formula is C29H33Cl2N3O4S. The number of carbonyl (C=O) groups is 2. The van der Waals surface area contributed by atoms with E-state index in [1.807, 2.05) is 75.4 Å². The van der Waals surface area contributed by atoms with Crippen LogP contribution in [0, 0.1) is 6.92 Å². The number of hydrogen-bond acceptors (Lipinski definition) is 4. The van der Waals surface area contributed by atoms with Gasteiger partial charge in [-0.15, -0.1) is 0 Å². The van der Waals surface area contributed by atoms with E-state index < -0.39 is 28.5 Å². The molecule has 0 spiro atoms. The molecule has 10 heteroatoms. The topological polar surface area (TPSA) is 86.8 Å². The van der Waals surface area contributed by atoms with Gasteiger partial charge in [-0.3, -0.25) is 13.9 Å². The van der Waals surface area contributed by atoms with Gasteiger partial charge in [-0.05, 0) is 50.1 Å². The van der Waals surface area contributed by atoms with Crippen LogP contribution in [0.15, 0.2) is 72.8 Å². The molecular weight excluding hydrogens is 557 g/mol. The van der Waals surface area contributed by atoms with E-state index >= 15 is 0 Å². The summed E-state index contributed by atoms with van der Waals surface area (Å²) in [5, 5.41) is 3.38. The van der Waals surface area contributed by atoms with E-state index in [-0.39, 0.29) is 40.6 Å². The van der Waals surface area contributed by atoms with Crippen LogP contribution in [0.4, 0.5) is 5.69 Å². The number of benzene rings is 3.